The van der Waals surface area contributed by atoms with Gasteiger partial charge in [0.15, 0.2) is 46.5 Å². The second-order valence-electron chi connectivity index (χ2n) is 7.61. The highest BCUT2D eigenvalue weighted by Gasteiger charge is 2.29. The van der Waals surface area contributed by atoms with Gasteiger partial charge in [-0.05, 0) is 33.0 Å². The molecule has 0 atom stereocenters. The van der Waals surface area contributed by atoms with E-state index >= 15 is 0 Å². The van der Waals surface area contributed by atoms with Crippen LogP contribution in [-0.4, -0.2) is 49.9 Å². The van der Waals surface area contributed by atoms with Gasteiger partial charge in [-0.3, -0.25) is 9.59 Å². The number of hydrogen-bond donors (Lipinski definition) is 4. The zero-order valence-corrected chi connectivity index (χ0v) is 18.7. The van der Waals surface area contributed by atoms with E-state index in [1.165, 1.54) is 0 Å². The normalized spacial score (nSPS) is 11.2. The number of halogens is 8. The van der Waals surface area contributed by atoms with Gasteiger partial charge >= 0.3 is 0 Å². The molecule has 0 heterocycles. The van der Waals surface area contributed by atoms with Crippen molar-refractivity contribution in [3.8, 4) is 0 Å². The highest BCUT2D eigenvalue weighted by molar-refractivity contribution is 5.95. The van der Waals surface area contributed by atoms with Crippen LogP contribution in [0, 0.1) is 46.5 Å². The first-order valence-electron chi connectivity index (χ1n) is 10.3. The van der Waals surface area contributed by atoms with Gasteiger partial charge in [0.1, 0.15) is 22.5 Å². The molecule has 0 fully saturated rings. The molecule has 15 heteroatoms. The summed E-state index contributed by atoms with van der Waals surface area (Å²) in [5.41, 5.74) is 4.08. The van der Waals surface area contributed by atoms with Gasteiger partial charge in [0, 0.05) is 13.1 Å². The van der Waals surface area contributed by atoms with Crippen molar-refractivity contribution in [2.45, 2.75) is 12.8 Å². The summed E-state index contributed by atoms with van der Waals surface area (Å²) in [5.74, 6) is -18.0. The molecule has 2 aromatic rings. The number of nitrogen functional groups attached to an aromatic ring is 2. The van der Waals surface area contributed by atoms with Crippen molar-refractivity contribution in [3.63, 3.8) is 0 Å². The minimum absolute atomic E-state index is 0.126. The lowest BCUT2D eigenvalue weighted by Crippen LogP contribution is -2.32. The van der Waals surface area contributed by atoms with E-state index in [1.807, 2.05) is 0 Å². The summed E-state index contributed by atoms with van der Waals surface area (Å²) in [6.07, 6.45) is 0.469. The summed E-state index contributed by atoms with van der Waals surface area (Å²) < 4.78 is 109. The molecule has 0 aliphatic rings. The minimum atomic E-state index is -1.92. The molecule has 2 rings (SSSR count). The van der Waals surface area contributed by atoms with Crippen LogP contribution in [0.15, 0.2) is 0 Å². The third kappa shape index (κ3) is 5.95. The first kappa shape index (κ1) is 28.6. The molecule has 2 amide bonds. The van der Waals surface area contributed by atoms with Crippen molar-refractivity contribution < 1.29 is 44.7 Å². The van der Waals surface area contributed by atoms with Gasteiger partial charge in [0.2, 0.25) is 0 Å². The standard InChI is InChI=1S/C21H21F8N5O2/c1-34(6-2-4-32-20(35)8-10(22)14(26)18(30)15(27)11(8)23)7-3-5-33-21(36)9-12(24)16(28)19(31)17(29)13(9)25/h2-7,30-31H2,1H3,(H,32,35)(H,33,36). The Morgan fingerprint density at radius 1 is 0.611 bits per heavy atom. The maximum Gasteiger partial charge on any atom is 0.257 e. The quantitative estimate of drug-likeness (QED) is 0.164. The molecule has 198 valence electrons. The van der Waals surface area contributed by atoms with Crippen molar-refractivity contribution in [2.75, 3.05) is 44.7 Å². The SMILES string of the molecule is CN(CCCNC(=O)c1c(F)c(F)c(N)c(F)c1F)CCCNC(=O)c1c(F)c(F)c(N)c(F)c1F. The highest BCUT2D eigenvalue weighted by Crippen LogP contribution is 2.26. The predicted molar refractivity (Wildman–Crippen MR) is 113 cm³/mol. The summed E-state index contributed by atoms with van der Waals surface area (Å²) in [7, 11) is 1.62. The molecule has 0 unspecified atom stereocenters. The lowest BCUT2D eigenvalue weighted by atomic mass is 10.1. The Bertz CT molecular complexity index is 1030. The maximum absolute atomic E-state index is 13.8. The molecule has 6 N–H and O–H groups in total. The van der Waals surface area contributed by atoms with E-state index in [4.69, 9.17) is 11.5 Å². The zero-order chi connectivity index (χ0) is 27.3. The van der Waals surface area contributed by atoms with Crippen molar-refractivity contribution in [2.24, 2.45) is 0 Å². The van der Waals surface area contributed by atoms with Crippen LogP contribution in [0.4, 0.5) is 46.5 Å². The minimum Gasteiger partial charge on any atom is -0.394 e. The molecule has 0 aliphatic carbocycles. The van der Waals surface area contributed by atoms with Gasteiger partial charge in [-0.1, -0.05) is 0 Å². The van der Waals surface area contributed by atoms with E-state index in [9.17, 15) is 44.7 Å². The number of amides is 2. The smallest absolute Gasteiger partial charge is 0.257 e. The molecule has 2 aromatic carbocycles. The summed E-state index contributed by atoms with van der Waals surface area (Å²) in [6, 6.07) is 0. The van der Waals surface area contributed by atoms with E-state index in [0.717, 1.165) is 0 Å². The van der Waals surface area contributed by atoms with Crippen LogP contribution in [0.1, 0.15) is 33.6 Å². The van der Waals surface area contributed by atoms with Crippen LogP contribution < -0.4 is 22.1 Å². The Balaban J connectivity index is 1.77. The van der Waals surface area contributed by atoms with Crippen LogP contribution in [0.25, 0.3) is 0 Å². The number of rotatable bonds is 10. The Kier molecular flexibility index (Phi) is 9.44. The van der Waals surface area contributed by atoms with E-state index < -0.39 is 80.9 Å². The Hall–Kier alpha value is -3.62. The van der Waals surface area contributed by atoms with Crippen LogP contribution in [0.3, 0.4) is 0 Å². The average Bonchev–Trinajstić information content (AvgIpc) is 2.84. The first-order valence-corrected chi connectivity index (χ1v) is 10.3. The molecule has 0 spiro atoms. The molecule has 0 saturated heterocycles. The fraction of sp³-hybridized carbons (Fsp3) is 0.333. The number of benzene rings is 2. The van der Waals surface area contributed by atoms with Gasteiger partial charge in [0.05, 0.1) is 0 Å². The van der Waals surface area contributed by atoms with E-state index in [0.29, 0.717) is 13.1 Å². The van der Waals surface area contributed by atoms with Crippen molar-refractivity contribution in [3.05, 3.63) is 57.7 Å². The summed E-state index contributed by atoms with van der Waals surface area (Å²) in [6.45, 7) is 0.362. The monoisotopic (exact) mass is 527 g/mol. The van der Waals surface area contributed by atoms with Gasteiger partial charge < -0.3 is 27.0 Å². The molecule has 0 bridgehead atoms. The second-order valence-corrected chi connectivity index (χ2v) is 7.61. The van der Waals surface area contributed by atoms with Crippen LogP contribution in [-0.2, 0) is 0 Å². The summed E-state index contributed by atoms with van der Waals surface area (Å²) >= 11 is 0. The lowest BCUT2D eigenvalue weighted by Gasteiger charge is -2.17. The van der Waals surface area contributed by atoms with Gasteiger partial charge in [-0.2, -0.15) is 0 Å². The second kappa shape index (κ2) is 11.9. The summed E-state index contributed by atoms with van der Waals surface area (Å²) in [4.78, 5) is 25.5. The molecule has 0 aromatic heterocycles. The van der Waals surface area contributed by atoms with Crippen molar-refractivity contribution in [1.29, 1.82) is 0 Å². The zero-order valence-electron chi connectivity index (χ0n) is 18.7. The Morgan fingerprint density at radius 2 is 0.889 bits per heavy atom. The Labute approximate surface area is 199 Å². The summed E-state index contributed by atoms with van der Waals surface area (Å²) in [5, 5.41) is 4.23. The fourth-order valence-electron chi connectivity index (χ4n) is 3.09. The number of nitrogens with zero attached hydrogens (tertiary/aromatic N) is 1. The average molecular weight is 527 g/mol. The van der Waals surface area contributed by atoms with Crippen molar-refractivity contribution >= 4 is 23.2 Å². The fourth-order valence-corrected chi connectivity index (χ4v) is 3.09. The molecule has 0 saturated carbocycles. The molecule has 7 nitrogen and oxygen atoms in total. The predicted octanol–water partition coefficient (Wildman–Crippen LogP) is 2.84. The third-order valence-electron chi connectivity index (χ3n) is 5.05. The molecule has 0 aliphatic heterocycles. The number of hydrogen-bond acceptors (Lipinski definition) is 5. The molecular weight excluding hydrogens is 506 g/mol. The van der Waals surface area contributed by atoms with E-state index in [-0.39, 0.29) is 25.9 Å². The van der Waals surface area contributed by atoms with Gasteiger partial charge in [-0.25, -0.2) is 35.1 Å². The van der Waals surface area contributed by atoms with E-state index in [1.54, 1.807) is 11.9 Å². The molecule has 0 radical (unpaired) electrons. The van der Waals surface area contributed by atoms with Crippen LogP contribution in [0.2, 0.25) is 0 Å². The third-order valence-corrected chi connectivity index (χ3v) is 5.05. The molecular formula is C21H21F8N5O2. The number of carbonyl (C=O) groups excluding carboxylic acids is 2. The topological polar surface area (TPSA) is 113 Å². The Morgan fingerprint density at radius 3 is 1.17 bits per heavy atom. The number of nitrogens with one attached hydrogen (secondary N) is 2. The van der Waals surface area contributed by atoms with Crippen molar-refractivity contribution in [1.82, 2.24) is 15.5 Å². The largest absolute Gasteiger partial charge is 0.394 e. The first-order chi connectivity index (χ1) is 16.8. The molecule has 36 heavy (non-hydrogen) atoms. The number of carbonyl (C=O) groups is 2. The van der Waals surface area contributed by atoms with Gasteiger partial charge in [-0.15, -0.1) is 0 Å². The number of nitrogens with two attached hydrogens (primary N) is 2. The van der Waals surface area contributed by atoms with Crippen LogP contribution >= 0.6 is 0 Å². The number of anilines is 2. The van der Waals surface area contributed by atoms with Crippen LogP contribution in [0.5, 0.6) is 0 Å². The highest BCUT2D eigenvalue weighted by atomic mass is 19.2. The maximum atomic E-state index is 13.8. The lowest BCUT2D eigenvalue weighted by molar-refractivity contribution is 0.0934. The van der Waals surface area contributed by atoms with Gasteiger partial charge in [0.25, 0.3) is 11.8 Å². The van der Waals surface area contributed by atoms with E-state index in [2.05, 4.69) is 10.6 Å².